The molecule has 5 aromatic heterocycles. The number of aromatic amines is 1. The molecular formula is C23H13N7S2. The summed E-state index contributed by atoms with van der Waals surface area (Å²) in [6, 6.07) is 16.4. The van der Waals surface area contributed by atoms with Gasteiger partial charge in [0, 0.05) is 16.3 Å². The molecule has 0 unspecified atom stereocenters. The monoisotopic (exact) mass is 451 g/mol. The van der Waals surface area contributed by atoms with Crippen molar-refractivity contribution >= 4 is 71.6 Å². The fraction of sp³-hybridized carbons (Fsp3) is 0.0435. The second-order valence-corrected chi connectivity index (χ2v) is 9.08. The van der Waals surface area contributed by atoms with Gasteiger partial charge in [0.15, 0.2) is 5.65 Å². The molecule has 32 heavy (non-hydrogen) atoms. The van der Waals surface area contributed by atoms with E-state index in [4.69, 9.17) is 22.2 Å². The van der Waals surface area contributed by atoms with Crippen LogP contribution in [0.4, 0.5) is 0 Å². The third kappa shape index (κ3) is 2.34. The first-order chi connectivity index (χ1) is 15.7. The Morgan fingerprint density at radius 1 is 0.969 bits per heavy atom. The van der Waals surface area contributed by atoms with Gasteiger partial charge >= 0.3 is 0 Å². The van der Waals surface area contributed by atoms with Crippen LogP contribution in [0.5, 0.6) is 0 Å². The minimum absolute atomic E-state index is 0.514. The summed E-state index contributed by atoms with van der Waals surface area (Å²) in [6.07, 6.45) is 1.71. The molecule has 0 saturated heterocycles. The molecule has 1 N–H and O–H groups in total. The zero-order chi connectivity index (χ0) is 21.4. The lowest BCUT2D eigenvalue weighted by atomic mass is 9.99. The largest absolute Gasteiger partial charge is 0.257 e. The number of hydrogen-bond acceptors (Lipinski definition) is 7. The van der Waals surface area contributed by atoms with Crippen LogP contribution in [0, 0.1) is 11.7 Å². The van der Waals surface area contributed by atoms with Gasteiger partial charge in [-0.3, -0.25) is 9.50 Å². The molecule has 9 heteroatoms. The van der Waals surface area contributed by atoms with Crippen molar-refractivity contribution in [2.45, 2.75) is 6.92 Å². The molecule has 7 rings (SSSR count). The number of rotatable bonds is 1. The van der Waals surface area contributed by atoms with Gasteiger partial charge in [-0.15, -0.1) is 21.5 Å². The second kappa shape index (κ2) is 6.35. The molecular weight excluding hydrogens is 438 g/mol. The van der Waals surface area contributed by atoms with Crippen molar-refractivity contribution in [3.63, 3.8) is 0 Å². The van der Waals surface area contributed by atoms with E-state index in [1.54, 1.807) is 22.1 Å². The highest BCUT2D eigenvalue weighted by Gasteiger charge is 2.21. The average molecular weight is 452 g/mol. The van der Waals surface area contributed by atoms with E-state index in [9.17, 15) is 0 Å². The molecule has 0 bridgehead atoms. The Bertz CT molecular complexity index is 1910. The lowest BCUT2D eigenvalue weighted by Crippen LogP contribution is -1.94. The Morgan fingerprint density at radius 3 is 2.69 bits per heavy atom. The molecule has 0 spiro atoms. The molecule has 0 amide bonds. The number of pyridine rings is 1. The Kier molecular flexibility index (Phi) is 3.53. The van der Waals surface area contributed by atoms with Crippen molar-refractivity contribution in [1.82, 2.24) is 34.8 Å². The molecule has 5 heterocycles. The number of nitrogens with zero attached hydrogens (tertiary/aromatic N) is 6. The molecule has 0 fully saturated rings. The van der Waals surface area contributed by atoms with Crippen molar-refractivity contribution in [2.24, 2.45) is 0 Å². The fourth-order valence-corrected chi connectivity index (χ4v) is 5.52. The molecule has 0 radical (unpaired) electrons. The maximum absolute atomic E-state index is 5.34. The zero-order valence-electron chi connectivity index (χ0n) is 16.7. The van der Waals surface area contributed by atoms with Crippen molar-refractivity contribution < 1.29 is 0 Å². The van der Waals surface area contributed by atoms with Crippen molar-refractivity contribution in [3.05, 3.63) is 65.2 Å². The topological polar surface area (TPSA) is 84.6 Å². The Morgan fingerprint density at radius 2 is 1.81 bits per heavy atom. The van der Waals surface area contributed by atoms with Crippen LogP contribution in [-0.4, -0.2) is 34.8 Å². The van der Waals surface area contributed by atoms with Gasteiger partial charge in [-0.05, 0) is 30.8 Å². The fourth-order valence-electron chi connectivity index (χ4n) is 4.22. The van der Waals surface area contributed by atoms with Gasteiger partial charge in [-0.1, -0.05) is 48.0 Å². The smallest absolute Gasteiger partial charge is 0.200 e. The Labute approximate surface area is 189 Å². The first-order valence-electron chi connectivity index (χ1n) is 9.99. The molecule has 0 aliphatic carbocycles. The van der Waals surface area contributed by atoms with Gasteiger partial charge in [0.2, 0.25) is 4.77 Å². The van der Waals surface area contributed by atoms with Crippen LogP contribution in [0.15, 0.2) is 54.9 Å². The summed E-state index contributed by atoms with van der Waals surface area (Å²) in [6.45, 7) is 2.08. The molecule has 0 atom stereocenters. The highest BCUT2D eigenvalue weighted by Crippen LogP contribution is 2.43. The third-order valence-electron chi connectivity index (χ3n) is 5.76. The van der Waals surface area contributed by atoms with E-state index < -0.39 is 0 Å². The summed E-state index contributed by atoms with van der Waals surface area (Å²) >= 11 is 6.91. The Hall–Kier alpha value is -3.82. The first-order valence-corrected chi connectivity index (χ1v) is 11.2. The zero-order valence-corrected chi connectivity index (χ0v) is 18.3. The van der Waals surface area contributed by atoms with Gasteiger partial charge in [0.25, 0.3) is 0 Å². The van der Waals surface area contributed by atoms with Crippen molar-refractivity contribution in [3.8, 4) is 11.1 Å². The summed E-state index contributed by atoms with van der Waals surface area (Å²) in [4.78, 5) is 10.7. The maximum atomic E-state index is 5.34. The number of nitrogens with one attached hydrogen (secondary N) is 1. The molecule has 0 saturated carbocycles. The third-order valence-corrected chi connectivity index (χ3v) is 7.11. The maximum Gasteiger partial charge on any atom is 0.200 e. The summed E-state index contributed by atoms with van der Waals surface area (Å²) in [5, 5.41) is 18.4. The summed E-state index contributed by atoms with van der Waals surface area (Å²) in [5.41, 5.74) is 7.24. The van der Waals surface area contributed by atoms with Gasteiger partial charge in [-0.25, -0.2) is 9.97 Å². The summed E-state index contributed by atoms with van der Waals surface area (Å²) < 4.78 is 3.23. The highest BCUT2D eigenvalue weighted by atomic mass is 32.1. The number of fused-ring (bicyclic) bond motifs is 8. The van der Waals surface area contributed by atoms with Gasteiger partial charge in [0.1, 0.15) is 26.9 Å². The number of H-pyrrole nitrogens is 1. The van der Waals surface area contributed by atoms with E-state index in [0.29, 0.717) is 4.77 Å². The van der Waals surface area contributed by atoms with Gasteiger partial charge in [-0.2, -0.15) is 5.10 Å². The lowest BCUT2D eigenvalue weighted by molar-refractivity contribution is 1.05. The number of thiophene rings is 1. The predicted octanol–water partition coefficient (Wildman–Crippen LogP) is 5.62. The SMILES string of the molecule is Cc1ccc(-c2c3nnc4ccccc4c3nc3sc4c(ncn5c(=S)[nH]nc45)c23)cc1. The van der Waals surface area contributed by atoms with E-state index in [2.05, 4.69) is 51.6 Å². The van der Waals surface area contributed by atoms with Crippen molar-refractivity contribution in [1.29, 1.82) is 0 Å². The summed E-state index contributed by atoms with van der Waals surface area (Å²) in [7, 11) is 0. The van der Waals surface area contributed by atoms with E-state index in [1.165, 1.54) is 5.56 Å². The molecule has 2 aromatic carbocycles. The first kappa shape index (κ1) is 17.8. The van der Waals surface area contributed by atoms with Crippen LogP contribution in [0.3, 0.4) is 0 Å². The van der Waals surface area contributed by atoms with E-state index in [1.807, 2.05) is 24.3 Å². The standard InChI is InChI=1S/C23H13N7S2/c1-11-6-8-12(9-7-11)15-16-19-20(21-28-29-23(31)30(21)10-24-19)32-22(16)25-17-13-4-2-3-5-14(13)26-27-18(15)17/h2-10H,1H3,(H,29,31). The molecule has 152 valence electrons. The molecule has 7 aromatic rings. The van der Waals surface area contributed by atoms with E-state index >= 15 is 0 Å². The number of benzene rings is 2. The normalized spacial score (nSPS) is 12.0. The van der Waals surface area contributed by atoms with Crippen LogP contribution >= 0.6 is 23.6 Å². The van der Waals surface area contributed by atoms with Crippen LogP contribution < -0.4 is 0 Å². The van der Waals surface area contributed by atoms with Crippen LogP contribution in [0.2, 0.25) is 0 Å². The quantitative estimate of drug-likeness (QED) is 0.258. The lowest BCUT2D eigenvalue weighted by Gasteiger charge is -2.10. The molecule has 7 nitrogen and oxygen atoms in total. The molecule has 0 aliphatic rings. The van der Waals surface area contributed by atoms with Crippen LogP contribution in [0.1, 0.15) is 5.56 Å². The average Bonchev–Trinajstić information content (AvgIpc) is 3.38. The van der Waals surface area contributed by atoms with Crippen LogP contribution in [0.25, 0.3) is 59.1 Å². The van der Waals surface area contributed by atoms with E-state index in [0.717, 1.165) is 59.1 Å². The number of aryl methyl sites for hydroxylation is 1. The Balaban J connectivity index is 1.76. The highest BCUT2D eigenvalue weighted by molar-refractivity contribution is 7.71. The minimum Gasteiger partial charge on any atom is -0.257 e. The number of aromatic nitrogens is 7. The van der Waals surface area contributed by atoms with Gasteiger partial charge in [0.05, 0.1) is 11.0 Å². The predicted molar refractivity (Wildman–Crippen MR) is 130 cm³/mol. The minimum atomic E-state index is 0.514. The second-order valence-electron chi connectivity index (χ2n) is 7.69. The van der Waals surface area contributed by atoms with Gasteiger partial charge < -0.3 is 0 Å². The van der Waals surface area contributed by atoms with E-state index in [-0.39, 0.29) is 0 Å². The number of hydrogen-bond donors (Lipinski definition) is 1. The molecule has 0 aliphatic heterocycles. The van der Waals surface area contributed by atoms with Crippen LogP contribution in [-0.2, 0) is 0 Å². The van der Waals surface area contributed by atoms with Crippen molar-refractivity contribution in [2.75, 3.05) is 0 Å². The summed E-state index contributed by atoms with van der Waals surface area (Å²) in [5.74, 6) is 0.